The van der Waals surface area contributed by atoms with E-state index in [0.29, 0.717) is 18.1 Å². The predicted molar refractivity (Wildman–Crippen MR) is 126 cm³/mol. The quantitative estimate of drug-likeness (QED) is 0.329. The van der Waals surface area contributed by atoms with Crippen molar-refractivity contribution < 1.29 is 18.0 Å². The average Bonchev–Trinajstić information content (AvgIpc) is 3.19. The second-order valence-corrected chi connectivity index (χ2v) is 8.46. The number of carbonyl (C=O) groups excluding carboxylic acids is 1. The van der Waals surface area contributed by atoms with Crippen molar-refractivity contribution in [2.75, 3.05) is 11.1 Å². The standard InChI is InChI=1S/C25H21F3N4OS/c26-25(27,28)20-13-7-8-14-21(20)29-23(33)17-34-24-31-30-22(15-18-9-3-1-4-10-18)32(24)16-19-11-5-2-6-12-19/h1-14H,15-17H2,(H,29,33). The Labute approximate surface area is 199 Å². The van der Waals surface area contributed by atoms with Crippen molar-refractivity contribution in [1.29, 1.82) is 0 Å². The molecule has 0 aliphatic heterocycles. The van der Waals surface area contributed by atoms with Crippen molar-refractivity contribution in [3.63, 3.8) is 0 Å². The average molecular weight is 483 g/mol. The van der Waals surface area contributed by atoms with Crippen molar-refractivity contribution >= 4 is 23.4 Å². The summed E-state index contributed by atoms with van der Waals surface area (Å²) in [4.78, 5) is 12.5. The van der Waals surface area contributed by atoms with Crippen molar-refractivity contribution in [3.05, 3.63) is 107 Å². The van der Waals surface area contributed by atoms with E-state index >= 15 is 0 Å². The molecule has 3 aromatic carbocycles. The molecule has 1 amide bonds. The van der Waals surface area contributed by atoms with E-state index in [0.717, 1.165) is 34.8 Å². The smallest absolute Gasteiger partial charge is 0.325 e. The van der Waals surface area contributed by atoms with E-state index in [2.05, 4.69) is 15.5 Å². The molecule has 0 fully saturated rings. The lowest BCUT2D eigenvalue weighted by Crippen LogP contribution is -2.18. The Morgan fingerprint density at radius 3 is 2.15 bits per heavy atom. The Hall–Kier alpha value is -3.59. The highest BCUT2D eigenvalue weighted by Crippen LogP contribution is 2.34. The van der Waals surface area contributed by atoms with Gasteiger partial charge in [-0.25, -0.2) is 0 Å². The molecule has 0 bridgehead atoms. The highest BCUT2D eigenvalue weighted by Gasteiger charge is 2.33. The molecular weight excluding hydrogens is 461 g/mol. The first kappa shape index (κ1) is 23.6. The highest BCUT2D eigenvalue weighted by atomic mass is 32.2. The molecule has 4 aromatic rings. The number of carbonyl (C=O) groups is 1. The van der Waals surface area contributed by atoms with Gasteiger partial charge >= 0.3 is 6.18 Å². The summed E-state index contributed by atoms with van der Waals surface area (Å²) < 4.78 is 41.6. The SMILES string of the molecule is O=C(CSc1nnc(Cc2ccccc2)n1Cc1ccccc1)Nc1ccccc1C(F)(F)F. The van der Waals surface area contributed by atoms with Gasteiger partial charge in [-0.2, -0.15) is 13.2 Å². The van der Waals surface area contributed by atoms with Crippen LogP contribution in [0.15, 0.2) is 90.1 Å². The lowest BCUT2D eigenvalue weighted by Gasteiger charge is -2.13. The van der Waals surface area contributed by atoms with E-state index in [1.165, 1.54) is 18.2 Å². The number of benzene rings is 3. The molecule has 34 heavy (non-hydrogen) atoms. The lowest BCUT2D eigenvalue weighted by atomic mass is 10.1. The first-order valence-electron chi connectivity index (χ1n) is 10.5. The van der Waals surface area contributed by atoms with Crippen molar-refractivity contribution in [1.82, 2.24) is 14.8 Å². The van der Waals surface area contributed by atoms with Crippen LogP contribution in [0.3, 0.4) is 0 Å². The summed E-state index contributed by atoms with van der Waals surface area (Å²) in [7, 11) is 0. The highest BCUT2D eigenvalue weighted by molar-refractivity contribution is 7.99. The Morgan fingerprint density at radius 1 is 0.853 bits per heavy atom. The van der Waals surface area contributed by atoms with Crippen molar-refractivity contribution in [3.8, 4) is 0 Å². The molecule has 1 aromatic heterocycles. The van der Waals surface area contributed by atoms with Crippen LogP contribution in [0, 0.1) is 0 Å². The number of halogens is 3. The van der Waals surface area contributed by atoms with Gasteiger partial charge in [-0.1, -0.05) is 84.6 Å². The van der Waals surface area contributed by atoms with Crippen LogP contribution < -0.4 is 5.32 Å². The molecule has 0 spiro atoms. The molecule has 0 aliphatic rings. The fourth-order valence-electron chi connectivity index (χ4n) is 3.42. The zero-order chi connectivity index (χ0) is 24.0. The van der Waals surface area contributed by atoms with Crippen LogP contribution in [0.1, 0.15) is 22.5 Å². The molecule has 9 heteroatoms. The molecule has 0 saturated heterocycles. The maximum Gasteiger partial charge on any atom is 0.418 e. The lowest BCUT2D eigenvalue weighted by molar-refractivity contribution is -0.137. The molecule has 5 nitrogen and oxygen atoms in total. The third kappa shape index (κ3) is 6.05. The van der Waals surface area contributed by atoms with Gasteiger partial charge in [0, 0.05) is 6.42 Å². The fraction of sp³-hybridized carbons (Fsp3) is 0.160. The van der Waals surface area contributed by atoms with E-state index in [-0.39, 0.29) is 11.4 Å². The van der Waals surface area contributed by atoms with Gasteiger partial charge < -0.3 is 9.88 Å². The van der Waals surface area contributed by atoms with E-state index in [9.17, 15) is 18.0 Å². The van der Waals surface area contributed by atoms with E-state index < -0.39 is 17.6 Å². The summed E-state index contributed by atoms with van der Waals surface area (Å²) in [6.07, 6.45) is -3.99. The summed E-state index contributed by atoms with van der Waals surface area (Å²) >= 11 is 1.13. The number of para-hydroxylation sites is 1. The molecule has 1 heterocycles. The van der Waals surface area contributed by atoms with Crippen LogP contribution >= 0.6 is 11.8 Å². The zero-order valence-corrected chi connectivity index (χ0v) is 18.8. The number of nitrogens with one attached hydrogen (secondary N) is 1. The molecule has 0 aliphatic carbocycles. The van der Waals surface area contributed by atoms with Gasteiger partial charge in [-0.15, -0.1) is 10.2 Å². The second kappa shape index (κ2) is 10.6. The van der Waals surface area contributed by atoms with Gasteiger partial charge in [0.15, 0.2) is 5.16 Å². The molecule has 174 valence electrons. The second-order valence-electron chi connectivity index (χ2n) is 7.51. The largest absolute Gasteiger partial charge is 0.418 e. The third-order valence-electron chi connectivity index (χ3n) is 5.02. The van der Waals surface area contributed by atoms with E-state index in [4.69, 9.17) is 0 Å². The number of amides is 1. The molecular formula is C25H21F3N4OS. The first-order valence-corrected chi connectivity index (χ1v) is 11.5. The Bertz CT molecular complexity index is 1240. The topological polar surface area (TPSA) is 59.8 Å². The minimum absolute atomic E-state index is 0.107. The molecule has 0 radical (unpaired) electrons. The Kier molecular flexibility index (Phi) is 7.32. The number of rotatable bonds is 8. The maximum absolute atomic E-state index is 13.2. The minimum atomic E-state index is -4.56. The number of hydrogen-bond donors (Lipinski definition) is 1. The van der Waals surface area contributed by atoms with Gasteiger partial charge in [0.05, 0.1) is 23.5 Å². The molecule has 0 saturated carbocycles. The zero-order valence-electron chi connectivity index (χ0n) is 18.0. The van der Waals surface area contributed by atoms with Gasteiger partial charge in [-0.3, -0.25) is 4.79 Å². The normalized spacial score (nSPS) is 11.4. The van der Waals surface area contributed by atoms with Crippen LogP contribution in [0.2, 0.25) is 0 Å². The van der Waals surface area contributed by atoms with Crippen molar-refractivity contribution in [2.24, 2.45) is 0 Å². The summed E-state index contributed by atoms with van der Waals surface area (Å²) in [6, 6.07) is 24.5. The van der Waals surface area contributed by atoms with Crippen LogP contribution in [-0.4, -0.2) is 26.4 Å². The summed E-state index contributed by atoms with van der Waals surface area (Å²) in [5.41, 5.74) is 0.964. The summed E-state index contributed by atoms with van der Waals surface area (Å²) in [5.74, 6) is 0.0747. The van der Waals surface area contributed by atoms with Crippen LogP contribution in [0.4, 0.5) is 18.9 Å². The fourth-order valence-corrected chi connectivity index (χ4v) is 4.17. The van der Waals surface area contributed by atoms with Crippen LogP contribution in [-0.2, 0) is 23.9 Å². The van der Waals surface area contributed by atoms with Gasteiger partial charge in [0.1, 0.15) is 5.82 Å². The van der Waals surface area contributed by atoms with Gasteiger partial charge in [-0.05, 0) is 23.3 Å². The number of alkyl halides is 3. The number of hydrogen-bond acceptors (Lipinski definition) is 4. The van der Waals surface area contributed by atoms with Crippen LogP contribution in [0.25, 0.3) is 0 Å². The number of aromatic nitrogens is 3. The van der Waals surface area contributed by atoms with Gasteiger partial charge in [0.2, 0.25) is 5.91 Å². The third-order valence-corrected chi connectivity index (χ3v) is 5.99. The summed E-state index contributed by atoms with van der Waals surface area (Å²) in [5, 5.41) is 11.5. The van der Waals surface area contributed by atoms with E-state index in [1.54, 1.807) is 0 Å². The monoisotopic (exact) mass is 482 g/mol. The van der Waals surface area contributed by atoms with E-state index in [1.807, 2.05) is 65.2 Å². The number of nitrogens with zero attached hydrogens (tertiary/aromatic N) is 3. The minimum Gasteiger partial charge on any atom is -0.325 e. The van der Waals surface area contributed by atoms with Crippen molar-refractivity contribution in [2.45, 2.75) is 24.3 Å². The molecule has 4 rings (SSSR count). The predicted octanol–water partition coefficient (Wildman–Crippen LogP) is 5.67. The van der Waals surface area contributed by atoms with Crippen LogP contribution in [0.5, 0.6) is 0 Å². The number of thioether (sulfide) groups is 1. The van der Waals surface area contributed by atoms with Gasteiger partial charge in [0.25, 0.3) is 0 Å². The Morgan fingerprint density at radius 2 is 1.47 bits per heavy atom. The summed E-state index contributed by atoms with van der Waals surface area (Å²) in [6.45, 7) is 0.511. The maximum atomic E-state index is 13.2. The number of anilines is 1. The molecule has 0 unspecified atom stereocenters. The molecule has 1 N–H and O–H groups in total. The molecule has 0 atom stereocenters. The first-order chi connectivity index (χ1) is 16.4. The Balaban J connectivity index is 1.51.